The fourth-order valence-corrected chi connectivity index (χ4v) is 1.47. The summed E-state index contributed by atoms with van der Waals surface area (Å²) in [6.07, 6.45) is 1.80. The Labute approximate surface area is 86.4 Å². The Hall–Kier alpha value is -0.730. The van der Waals surface area contributed by atoms with Crippen LogP contribution in [0.25, 0.3) is 0 Å². The molecule has 0 bridgehead atoms. The van der Waals surface area contributed by atoms with E-state index in [1.165, 1.54) is 0 Å². The molecule has 0 saturated carbocycles. The predicted octanol–water partition coefficient (Wildman–Crippen LogP) is 2.65. The second kappa shape index (κ2) is 4.20. The molecule has 1 saturated heterocycles. The molecule has 0 aromatic carbocycles. The summed E-state index contributed by atoms with van der Waals surface area (Å²) in [5.41, 5.74) is -0.330. The molecule has 1 aliphatic heterocycles. The Morgan fingerprint density at radius 2 is 2.21 bits per heavy atom. The molecule has 1 fully saturated rings. The monoisotopic (exact) mass is 199 g/mol. The summed E-state index contributed by atoms with van der Waals surface area (Å²) < 4.78 is 5.41. The molecular weight excluding hydrogens is 178 g/mol. The summed E-state index contributed by atoms with van der Waals surface area (Å²) in [5.74, 6) is 0.618. The molecule has 0 radical (unpaired) electrons. The first-order valence-corrected chi connectivity index (χ1v) is 5.42. The smallest absolute Gasteiger partial charge is 0.410 e. The van der Waals surface area contributed by atoms with Crippen LogP contribution in [-0.4, -0.2) is 29.7 Å². The number of carbonyl (C=O) groups excluding carboxylic acids is 1. The summed E-state index contributed by atoms with van der Waals surface area (Å²) in [4.78, 5) is 13.5. The molecule has 1 heterocycles. The van der Waals surface area contributed by atoms with E-state index in [0.29, 0.717) is 5.92 Å². The quantitative estimate of drug-likeness (QED) is 0.684. The van der Waals surface area contributed by atoms with E-state index in [4.69, 9.17) is 4.74 Å². The van der Waals surface area contributed by atoms with Gasteiger partial charge in [-0.1, -0.05) is 13.8 Å². The van der Waals surface area contributed by atoms with Gasteiger partial charge in [-0.3, -0.25) is 0 Å². The first-order chi connectivity index (χ1) is 6.44. The van der Waals surface area contributed by atoms with Crippen molar-refractivity contribution in [2.24, 2.45) is 5.92 Å². The van der Waals surface area contributed by atoms with E-state index in [0.717, 1.165) is 25.9 Å². The van der Waals surface area contributed by atoms with Gasteiger partial charge in [-0.25, -0.2) is 4.79 Å². The van der Waals surface area contributed by atoms with Gasteiger partial charge >= 0.3 is 6.09 Å². The van der Waals surface area contributed by atoms with Gasteiger partial charge < -0.3 is 9.64 Å². The summed E-state index contributed by atoms with van der Waals surface area (Å²) in [5, 5.41) is 0. The van der Waals surface area contributed by atoms with Gasteiger partial charge in [0.05, 0.1) is 0 Å². The number of likely N-dealkylation sites (tertiary alicyclic amines) is 1. The molecule has 14 heavy (non-hydrogen) atoms. The lowest BCUT2D eigenvalue weighted by molar-refractivity contribution is 0.0148. The molecular formula is C11H21NO2. The van der Waals surface area contributed by atoms with Crippen LogP contribution < -0.4 is 0 Å². The highest BCUT2D eigenvalue weighted by Crippen LogP contribution is 2.20. The van der Waals surface area contributed by atoms with Crippen molar-refractivity contribution < 1.29 is 9.53 Å². The van der Waals surface area contributed by atoms with Gasteiger partial charge in [0, 0.05) is 13.1 Å². The van der Waals surface area contributed by atoms with E-state index >= 15 is 0 Å². The molecule has 3 nitrogen and oxygen atoms in total. The zero-order valence-electron chi connectivity index (χ0n) is 9.67. The first kappa shape index (κ1) is 11.3. The molecule has 1 rings (SSSR count). The Morgan fingerprint density at radius 3 is 2.64 bits per heavy atom. The predicted molar refractivity (Wildman–Crippen MR) is 56.2 cm³/mol. The minimum Gasteiger partial charge on any atom is -0.443 e. The summed E-state index contributed by atoms with van der Waals surface area (Å²) in [6.45, 7) is 9.78. The van der Waals surface area contributed by atoms with Gasteiger partial charge in [0.25, 0.3) is 0 Å². The number of carbonyl (C=O) groups is 1. The summed E-state index contributed by atoms with van der Waals surface area (Å²) in [7, 11) is 0. The SMILES string of the molecule is CCC(C)(C)OC(=O)N1CC[C@H](C)C1. The van der Waals surface area contributed by atoms with Gasteiger partial charge in [0.2, 0.25) is 0 Å². The van der Waals surface area contributed by atoms with Crippen LogP contribution in [0.2, 0.25) is 0 Å². The van der Waals surface area contributed by atoms with Crippen molar-refractivity contribution in [3.8, 4) is 0 Å². The molecule has 3 heteroatoms. The zero-order valence-corrected chi connectivity index (χ0v) is 9.67. The molecule has 1 aliphatic rings. The molecule has 0 aromatic rings. The van der Waals surface area contributed by atoms with Crippen LogP contribution in [-0.2, 0) is 4.74 Å². The highest BCUT2D eigenvalue weighted by Gasteiger charge is 2.28. The van der Waals surface area contributed by atoms with Crippen LogP contribution in [0.1, 0.15) is 40.5 Å². The van der Waals surface area contributed by atoms with Crippen molar-refractivity contribution >= 4 is 6.09 Å². The maximum absolute atomic E-state index is 11.7. The standard InChI is InChI=1S/C11H21NO2/c1-5-11(3,4)14-10(13)12-7-6-9(2)8-12/h9H,5-8H2,1-4H3/t9-/m0/s1. The Kier molecular flexibility index (Phi) is 3.40. The third-order valence-electron chi connectivity index (χ3n) is 2.90. The second-order valence-electron chi connectivity index (χ2n) is 4.82. The Bertz CT molecular complexity index is 213. The third-order valence-corrected chi connectivity index (χ3v) is 2.90. The van der Waals surface area contributed by atoms with Gasteiger partial charge in [-0.05, 0) is 32.6 Å². The topological polar surface area (TPSA) is 29.5 Å². The fraction of sp³-hybridized carbons (Fsp3) is 0.909. The minimum atomic E-state index is -0.330. The van der Waals surface area contributed by atoms with E-state index in [1.807, 2.05) is 25.7 Å². The average Bonchev–Trinajstić information content (AvgIpc) is 2.51. The number of ether oxygens (including phenoxy) is 1. The normalized spacial score (nSPS) is 22.6. The highest BCUT2D eigenvalue weighted by atomic mass is 16.6. The van der Waals surface area contributed by atoms with Gasteiger partial charge in [-0.15, -0.1) is 0 Å². The van der Waals surface area contributed by atoms with Gasteiger partial charge in [0.1, 0.15) is 5.60 Å². The minimum absolute atomic E-state index is 0.152. The Morgan fingerprint density at radius 1 is 1.57 bits per heavy atom. The number of nitrogens with zero attached hydrogens (tertiary/aromatic N) is 1. The Balaban J connectivity index is 2.43. The lowest BCUT2D eigenvalue weighted by atomic mass is 10.1. The second-order valence-corrected chi connectivity index (χ2v) is 4.82. The molecule has 0 spiro atoms. The number of amides is 1. The molecule has 0 aliphatic carbocycles. The molecule has 82 valence electrons. The van der Waals surface area contributed by atoms with Crippen molar-refractivity contribution in [1.82, 2.24) is 4.90 Å². The summed E-state index contributed by atoms with van der Waals surface area (Å²) >= 11 is 0. The molecule has 0 N–H and O–H groups in total. The van der Waals surface area contributed by atoms with Crippen molar-refractivity contribution in [2.75, 3.05) is 13.1 Å². The lowest BCUT2D eigenvalue weighted by Crippen LogP contribution is -2.36. The van der Waals surface area contributed by atoms with Crippen molar-refractivity contribution in [3.63, 3.8) is 0 Å². The van der Waals surface area contributed by atoms with Crippen molar-refractivity contribution in [1.29, 1.82) is 0 Å². The van der Waals surface area contributed by atoms with Crippen LogP contribution in [0.15, 0.2) is 0 Å². The largest absolute Gasteiger partial charge is 0.443 e. The summed E-state index contributed by atoms with van der Waals surface area (Å²) in [6, 6.07) is 0. The number of hydrogen-bond acceptors (Lipinski definition) is 2. The van der Waals surface area contributed by atoms with E-state index in [2.05, 4.69) is 6.92 Å². The highest BCUT2D eigenvalue weighted by molar-refractivity contribution is 5.68. The number of rotatable bonds is 2. The van der Waals surface area contributed by atoms with Crippen LogP contribution in [0.4, 0.5) is 4.79 Å². The number of hydrogen-bond donors (Lipinski definition) is 0. The van der Waals surface area contributed by atoms with Crippen LogP contribution in [0, 0.1) is 5.92 Å². The molecule has 0 aromatic heterocycles. The first-order valence-electron chi connectivity index (χ1n) is 5.42. The van der Waals surface area contributed by atoms with Crippen LogP contribution in [0.5, 0.6) is 0 Å². The fourth-order valence-electron chi connectivity index (χ4n) is 1.47. The van der Waals surface area contributed by atoms with Gasteiger partial charge in [-0.2, -0.15) is 0 Å². The zero-order chi connectivity index (χ0) is 10.8. The third kappa shape index (κ3) is 2.89. The van der Waals surface area contributed by atoms with E-state index < -0.39 is 0 Å². The average molecular weight is 199 g/mol. The van der Waals surface area contributed by atoms with Crippen LogP contribution >= 0.6 is 0 Å². The van der Waals surface area contributed by atoms with E-state index in [-0.39, 0.29) is 11.7 Å². The molecule has 1 amide bonds. The van der Waals surface area contributed by atoms with Crippen LogP contribution in [0.3, 0.4) is 0 Å². The molecule has 0 unspecified atom stereocenters. The van der Waals surface area contributed by atoms with Gasteiger partial charge in [0.15, 0.2) is 0 Å². The van der Waals surface area contributed by atoms with E-state index in [9.17, 15) is 4.79 Å². The lowest BCUT2D eigenvalue weighted by Gasteiger charge is -2.26. The maximum atomic E-state index is 11.7. The van der Waals surface area contributed by atoms with Crippen molar-refractivity contribution in [2.45, 2.75) is 46.1 Å². The maximum Gasteiger partial charge on any atom is 0.410 e. The molecule has 1 atom stereocenters. The van der Waals surface area contributed by atoms with E-state index in [1.54, 1.807) is 0 Å². The van der Waals surface area contributed by atoms with Crippen molar-refractivity contribution in [3.05, 3.63) is 0 Å².